The molecule has 1 aromatic carbocycles. The van der Waals surface area contributed by atoms with Gasteiger partial charge in [0, 0.05) is 12.6 Å². The lowest BCUT2D eigenvalue weighted by Crippen LogP contribution is -2.34. The Morgan fingerprint density at radius 1 is 1.17 bits per heavy atom. The second-order valence-corrected chi connectivity index (χ2v) is 10.8. The number of nitrogens with zero attached hydrogens (tertiary/aromatic N) is 3. The number of amidine groups is 1. The molecule has 2 amide bonds. The van der Waals surface area contributed by atoms with E-state index < -0.39 is 16.1 Å². The highest BCUT2D eigenvalue weighted by atomic mass is 35.5. The van der Waals surface area contributed by atoms with Crippen molar-refractivity contribution in [1.29, 1.82) is 5.41 Å². The fourth-order valence-corrected chi connectivity index (χ4v) is 5.62. The SMILES string of the molecule is CNC(=N)c1ccc2c(=O)n(-c3ccc(NC(=O)NS(=O)(=O)c4ccc(Cl)s4)cn3)c(C)nc2c1. The maximum Gasteiger partial charge on any atom is 0.333 e. The predicted molar refractivity (Wildman–Crippen MR) is 134 cm³/mol. The molecule has 4 aromatic rings. The first-order chi connectivity index (χ1) is 16.6. The molecule has 0 aliphatic heterocycles. The highest BCUT2D eigenvalue weighted by molar-refractivity contribution is 7.92. The third kappa shape index (κ3) is 5.01. The third-order valence-electron chi connectivity index (χ3n) is 4.85. The van der Waals surface area contributed by atoms with E-state index in [1.165, 1.54) is 35.0 Å². The summed E-state index contributed by atoms with van der Waals surface area (Å²) in [5.41, 5.74) is 0.909. The zero-order chi connectivity index (χ0) is 25.3. The van der Waals surface area contributed by atoms with Crippen molar-refractivity contribution in [1.82, 2.24) is 24.6 Å². The van der Waals surface area contributed by atoms with Crippen LogP contribution in [0.25, 0.3) is 16.7 Å². The first kappa shape index (κ1) is 24.3. The van der Waals surface area contributed by atoms with Crippen LogP contribution in [0.2, 0.25) is 4.34 Å². The molecule has 4 N–H and O–H groups in total. The van der Waals surface area contributed by atoms with Crippen LogP contribution in [0.1, 0.15) is 11.4 Å². The molecule has 0 fully saturated rings. The lowest BCUT2D eigenvalue weighted by Gasteiger charge is -2.12. The minimum Gasteiger partial charge on any atom is -0.373 e. The van der Waals surface area contributed by atoms with E-state index in [0.717, 1.165) is 11.3 Å². The molecule has 35 heavy (non-hydrogen) atoms. The van der Waals surface area contributed by atoms with Crippen LogP contribution in [0.15, 0.2) is 57.7 Å². The first-order valence-electron chi connectivity index (χ1n) is 9.94. The van der Waals surface area contributed by atoms with E-state index in [-0.39, 0.29) is 31.4 Å². The summed E-state index contributed by atoms with van der Waals surface area (Å²) in [6.07, 6.45) is 1.29. The van der Waals surface area contributed by atoms with E-state index in [2.05, 4.69) is 20.6 Å². The summed E-state index contributed by atoms with van der Waals surface area (Å²) < 4.78 is 27.9. The second-order valence-electron chi connectivity index (χ2n) is 7.18. The molecule has 3 heterocycles. The molecule has 14 heteroatoms. The van der Waals surface area contributed by atoms with E-state index in [1.807, 2.05) is 4.72 Å². The number of fused-ring (bicyclic) bond motifs is 1. The zero-order valence-corrected chi connectivity index (χ0v) is 20.7. The van der Waals surface area contributed by atoms with Crippen molar-refractivity contribution in [2.24, 2.45) is 0 Å². The topological polar surface area (TPSA) is 159 Å². The molecular formula is C21H18ClN7O4S2. The summed E-state index contributed by atoms with van der Waals surface area (Å²) in [7, 11) is -2.44. The first-order valence-corrected chi connectivity index (χ1v) is 12.6. The van der Waals surface area contributed by atoms with Crippen LogP contribution in [0, 0.1) is 12.3 Å². The van der Waals surface area contributed by atoms with Gasteiger partial charge in [-0.2, -0.15) is 0 Å². The maximum atomic E-state index is 13.1. The number of amides is 2. The number of aromatic nitrogens is 3. The number of halogens is 1. The number of hydrogen-bond donors (Lipinski definition) is 4. The summed E-state index contributed by atoms with van der Waals surface area (Å²) >= 11 is 6.58. The maximum absolute atomic E-state index is 13.1. The molecular weight excluding hydrogens is 514 g/mol. The Hall–Kier alpha value is -3.81. The van der Waals surface area contributed by atoms with Crippen LogP contribution in [0.3, 0.4) is 0 Å². The number of anilines is 1. The van der Waals surface area contributed by atoms with Crippen LogP contribution in [-0.2, 0) is 10.0 Å². The number of nitrogens with one attached hydrogen (secondary N) is 4. The Bertz CT molecular complexity index is 1630. The smallest absolute Gasteiger partial charge is 0.333 e. The van der Waals surface area contributed by atoms with Crippen LogP contribution in [-0.4, -0.2) is 41.9 Å². The van der Waals surface area contributed by atoms with Crippen molar-refractivity contribution in [3.05, 3.63) is 74.7 Å². The molecule has 11 nitrogen and oxygen atoms in total. The Kier molecular flexibility index (Phi) is 6.56. The molecule has 0 saturated carbocycles. The van der Waals surface area contributed by atoms with Crippen LogP contribution in [0.4, 0.5) is 10.5 Å². The molecule has 0 bridgehead atoms. The van der Waals surface area contributed by atoms with Crippen molar-refractivity contribution in [2.75, 3.05) is 12.4 Å². The molecule has 180 valence electrons. The number of sulfonamides is 1. The summed E-state index contributed by atoms with van der Waals surface area (Å²) in [5, 5.41) is 13.4. The standard InChI is InChI=1S/C21H18ClN7O4S2/c1-11-26-15-9-12(19(23)24-2)3-5-14(15)20(30)29(11)17-7-4-13(10-25-17)27-21(31)28-35(32,33)18-8-6-16(22)34-18/h3-10H,1-2H3,(H2,23,24)(H2,27,28,31). The van der Waals surface area contributed by atoms with E-state index in [9.17, 15) is 18.0 Å². The van der Waals surface area contributed by atoms with Gasteiger partial charge in [-0.15, -0.1) is 11.3 Å². The van der Waals surface area contributed by atoms with Crippen molar-refractivity contribution < 1.29 is 13.2 Å². The largest absolute Gasteiger partial charge is 0.373 e. The fraction of sp³-hybridized carbons (Fsp3) is 0.0952. The van der Waals surface area contributed by atoms with Gasteiger partial charge in [-0.3, -0.25) is 10.2 Å². The Balaban J connectivity index is 1.56. The fourth-order valence-electron chi connectivity index (χ4n) is 3.23. The molecule has 0 radical (unpaired) electrons. The average molecular weight is 532 g/mol. The Labute approximate surface area is 208 Å². The minimum atomic E-state index is -4.07. The van der Waals surface area contributed by atoms with Gasteiger partial charge in [0.2, 0.25) is 0 Å². The van der Waals surface area contributed by atoms with Gasteiger partial charge in [-0.25, -0.2) is 32.5 Å². The van der Waals surface area contributed by atoms with Gasteiger partial charge in [0.05, 0.1) is 27.1 Å². The Morgan fingerprint density at radius 3 is 2.57 bits per heavy atom. The van der Waals surface area contributed by atoms with Crippen molar-refractivity contribution in [2.45, 2.75) is 11.1 Å². The summed E-state index contributed by atoms with van der Waals surface area (Å²) in [5.74, 6) is 0.847. The van der Waals surface area contributed by atoms with Crippen LogP contribution >= 0.6 is 22.9 Å². The monoisotopic (exact) mass is 531 g/mol. The summed E-state index contributed by atoms with van der Waals surface area (Å²) in [6, 6.07) is 9.61. The van der Waals surface area contributed by atoms with E-state index in [1.54, 1.807) is 32.2 Å². The zero-order valence-electron chi connectivity index (χ0n) is 18.3. The number of thiophene rings is 1. The Morgan fingerprint density at radius 2 is 1.94 bits per heavy atom. The number of rotatable bonds is 5. The molecule has 0 aliphatic carbocycles. The van der Waals surface area contributed by atoms with Gasteiger partial charge < -0.3 is 10.6 Å². The van der Waals surface area contributed by atoms with Crippen molar-refractivity contribution >= 4 is 61.4 Å². The number of hydrogen-bond acceptors (Lipinski definition) is 8. The van der Waals surface area contributed by atoms with Gasteiger partial charge in [0.15, 0.2) is 0 Å². The molecule has 3 aromatic heterocycles. The van der Waals surface area contributed by atoms with Gasteiger partial charge in [0.1, 0.15) is 21.7 Å². The second kappa shape index (κ2) is 9.44. The van der Waals surface area contributed by atoms with Gasteiger partial charge in [-0.05, 0) is 43.3 Å². The number of aryl methyl sites for hydroxylation is 1. The summed E-state index contributed by atoms with van der Waals surface area (Å²) in [6.45, 7) is 1.65. The number of pyridine rings is 1. The van der Waals surface area contributed by atoms with Crippen LogP contribution < -0.4 is 20.9 Å². The lowest BCUT2D eigenvalue weighted by molar-refractivity contribution is 0.256. The lowest BCUT2D eigenvalue weighted by atomic mass is 10.1. The van der Waals surface area contributed by atoms with Gasteiger partial charge in [0.25, 0.3) is 15.6 Å². The molecule has 0 unspecified atom stereocenters. The quantitative estimate of drug-likeness (QED) is 0.227. The molecule has 4 rings (SSSR count). The highest BCUT2D eigenvalue weighted by Gasteiger charge is 2.20. The molecule has 0 aliphatic rings. The molecule has 0 saturated heterocycles. The van der Waals surface area contributed by atoms with E-state index in [4.69, 9.17) is 17.0 Å². The van der Waals surface area contributed by atoms with Gasteiger partial charge >= 0.3 is 6.03 Å². The van der Waals surface area contributed by atoms with E-state index in [0.29, 0.717) is 22.3 Å². The number of carbonyl (C=O) groups excluding carboxylic acids is 1. The van der Waals surface area contributed by atoms with Gasteiger partial charge in [-0.1, -0.05) is 17.7 Å². The predicted octanol–water partition coefficient (Wildman–Crippen LogP) is 2.86. The molecule has 0 atom stereocenters. The number of benzene rings is 1. The third-order valence-corrected chi connectivity index (χ3v) is 7.91. The van der Waals surface area contributed by atoms with Crippen molar-refractivity contribution in [3.8, 4) is 5.82 Å². The van der Waals surface area contributed by atoms with Crippen LogP contribution in [0.5, 0.6) is 0 Å². The normalized spacial score (nSPS) is 11.3. The number of urea groups is 1. The van der Waals surface area contributed by atoms with E-state index >= 15 is 0 Å². The summed E-state index contributed by atoms with van der Waals surface area (Å²) in [4.78, 5) is 34.0. The van der Waals surface area contributed by atoms with Crippen molar-refractivity contribution in [3.63, 3.8) is 0 Å². The highest BCUT2D eigenvalue weighted by Crippen LogP contribution is 2.25. The molecule has 0 spiro atoms. The number of carbonyl (C=O) groups is 1. The average Bonchev–Trinajstić information content (AvgIpc) is 3.26. The minimum absolute atomic E-state index is 0.0975.